The number of rotatable bonds is 3. The molecule has 2 aliphatic rings. The highest BCUT2D eigenvalue weighted by atomic mass is 16.5. The number of aliphatic carboxylic acids is 1. The summed E-state index contributed by atoms with van der Waals surface area (Å²) in [7, 11) is 0. The number of nitrogens with zero attached hydrogens (tertiary/aromatic N) is 2. The third kappa shape index (κ3) is 2.88. The minimum atomic E-state index is -0.817. The third-order valence-corrected chi connectivity index (χ3v) is 4.23. The van der Waals surface area contributed by atoms with Crippen molar-refractivity contribution in [2.45, 2.75) is 26.0 Å². The van der Waals surface area contributed by atoms with E-state index in [0.717, 1.165) is 0 Å². The van der Waals surface area contributed by atoms with Crippen molar-refractivity contribution in [2.24, 2.45) is 11.8 Å². The van der Waals surface area contributed by atoms with Crippen LogP contribution in [0.5, 0.6) is 0 Å². The maximum Gasteiger partial charge on any atom is 0.320 e. The standard InChI is InChI=1S/C13H22N2O5/c1-8-7-20-11(6-16)5-15(8)13(19)14-3-10(4-14)9(2)12(17)18/h8-11,16H,3-7H2,1-2H3,(H,17,18). The quantitative estimate of drug-likeness (QED) is 0.752. The molecule has 0 saturated carbocycles. The summed E-state index contributed by atoms with van der Waals surface area (Å²) < 4.78 is 5.40. The SMILES string of the molecule is CC(C(=O)O)C1CN(C(=O)N2CC(CO)OCC2C)C1. The fourth-order valence-electron chi connectivity index (χ4n) is 2.56. The lowest BCUT2D eigenvalue weighted by atomic mass is 9.87. The Morgan fingerprint density at radius 2 is 2.00 bits per heavy atom. The molecule has 2 heterocycles. The van der Waals surface area contributed by atoms with E-state index in [1.165, 1.54) is 0 Å². The molecule has 2 amide bonds. The minimum Gasteiger partial charge on any atom is -0.481 e. The van der Waals surface area contributed by atoms with Gasteiger partial charge in [-0.2, -0.15) is 0 Å². The summed E-state index contributed by atoms with van der Waals surface area (Å²) in [6.07, 6.45) is -0.329. The Labute approximate surface area is 118 Å². The van der Waals surface area contributed by atoms with E-state index in [-0.39, 0.29) is 30.7 Å². The highest BCUT2D eigenvalue weighted by Crippen LogP contribution is 2.26. The van der Waals surface area contributed by atoms with Gasteiger partial charge in [-0.1, -0.05) is 6.92 Å². The van der Waals surface area contributed by atoms with Crippen molar-refractivity contribution >= 4 is 12.0 Å². The summed E-state index contributed by atoms with van der Waals surface area (Å²) in [6.45, 7) is 5.25. The van der Waals surface area contributed by atoms with Crippen LogP contribution in [0, 0.1) is 11.8 Å². The summed E-state index contributed by atoms with van der Waals surface area (Å²) in [4.78, 5) is 26.6. The van der Waals surface area contributed by atoms with E-state index >= 15 is 0 Å². The van der Waals surface area contributed by atoms with Gasteiger partial charge in [-0.05, 0) is 6.92 Å². The molecular weight excluding hydrogens is 264 g/mol. The predicted molar refractivity (Wildman–Crippen MR) is 70.3 cm³/mol. The van der Waals surface area contributed by atoms with E-state index in [0.29, 0.717) is 26.2 Å². The number of amides is 2. The van der Waals surface area contributed by atoms with Crippen LogP contribution in [-0.2, 0) is 9.53 Å². The smallest absolute Gasteiger partial charge is 0.320 e. The van der Waals surface area contributed by atoms with Gasteiger partial charge in [0.15, 0.2) is 0 Å². The molecule has 2 aliphatic heterocycles. The first-order valence-electron chi connectivity index (χ1n) is 6.94. The van der Waals surface area contributed by atoms with Crippen LogP contribution in [0.15, 0.2) is 0 Å². The molecule has 3 unspecified atom stereocenters. The first-order valence-corrected chi connectivity index (χ1v) is 6.94. The number of ether oxygens (including phenoxy) is 1. The van der Waals surface area contributed by atoms with E-state index in [9.17, 15) is 9.59 Å². The maximum absolute atomic E-state index is 12.4. The summed E-state index contributed by atoms with van der Waals surface area (Å²) >= 11 is 0. The number of carbonyl (C=O) groups is 2. The Morgan fingerprint density at radius 3 is 2.55 bits per heavy atom. The normalized spacial score (nSPS) is 28.9. The zero-order chi connectivity index (χ0) is 14.9. The van der Waals surface area contributed by atoms with Gasteiger partial charge in [0.2, 0.25) is 0 Å². The van der Waals surface area contributed by atoms with E-state index in [4.69, 9.17) is 14.9 Å². The molecule has 7 nitrogen and oxygen atoms in total. The lowest BCUT2D eigenvalue weighted by molar-refractivity contribution is -0.145. The van der Waals surface area contributed by atoms with Crippen LogP contribution >= 0.6 is 0 Å². The Bertz CT molecular complexity index is 383. The molecule has 2 fully saturated rings. The molecule has 2 rings (SSSR count). The number of morpholine rings is 1. The van der Waals surface area contributed by atoms with Crippen LogP contribution in [0.25, 0.3) is 0 Å². The van der Waals surface area contributed by atoms with E-state index < -0.39 is 11.9 Å². The molecular formula is C13H22N2O5. The number of hydrogen-bond donors (Lipinski definition) is 2. The van der Waals surface area contributed by atoms with Crippen molar-refractivity contribution in [3.63, 3.8) is 0 Å². The second-order valence-corrected chi connectivity index (χ2v) is 5.71. The largest absolute Gasteiger partial charge is 0.481 e. The molecule has 0 radical (unpaired) electrons. The number of likely N-dealkylation sites (tertiary alicyclic amines) is 1. The van der Waals surface area contributed by atoms with E-state index in [2.05, 4.69) is 0 Å². The first-order chi connectivity index (χ1) is 9.43. The molecule has 2 N–H and O–H groups in total. The lowest BCUT2D eigenvalue weighted by Crippen LogP contribution is -2.62. The van der Waals surface area contributed by atoms with Crippen LogP contribution in [0.1, 0.15) is 13.8 Å². The van der Waals surface area contributed by atoms with Gasteiger partial charge < -0.3 is 24.7 Å². The number of carboxylic acid groups (broad SMARTS) is 1. The Morgan fingerprint density at radius 1 is 1.35 bits per heavy atom. The summed E-state index contributed by atoms with van der Waals surface area (Å²) in [5.41, 5.74) is 0. The van der Waals surface area contributed by atoms with Crippen molar-refractivity contribution in [2.75, 3.05) is 32.8 Å². The molecule has 0 spiro atoms. The van der Waals surface area contributed by atoms with Crippen molar-refractivity contribution < 1.29 is 24.5 Å². The molecule has 0 aliphatic carbocycles. The number of carbonyl (C=O) groups excluding carboxylic acids is 1. The molecule has 20 heavy (non-hydrogen) atoms. The topological polar surface area (TPSA) is 90.3 Å². The van der Waals surface area contributed by atoms with Gasteiger partial charge in [-0.25, -0.2) is 4.79 Å². The second-order valence-electron chi connectivity index (χ2n) is 5.71. The molecule has 0 bridgehead atoms. The van der Waals surface area contributed by atoms with Crippen LogP contribution < -0.4 is 0 Å². The van der Waals surface area contributed by atoms with Crippen LogP contribution in [0.2, 0.25) is 0 Å². The minimum absolute atomic E-state index is 0.0266. The molecule has 0 aromatic heterocycles. The van der Waals surface area contributed by atoms with Gasteiger partial charge in [0.1, 0.15) is 0 Å². The Balaban J connectivity index is 1.88. The monoisotopic (exact) mass is 286 g/mol. The highest BCUT2D eigenvalue weighted by Gasteiger charge is 2.40. The maximum atomic E-state index is 12.4. The van der Waals surface area contributed by atoms with Crippen molar-refractivity contribution in [1.29, 1.82) is 0 Å². The molecule has 114 valence electrons. The third-order valence-electron chi connectivity index (χ3n) is 4.23. The Kier molecular flexibility index (Phi) is 4.49. The van der Waals surface area contributed by atoms with Crippen LogP contribution in [0.3, 0.4) is 0 Å². The number of carboxylic acids is 1. The zero-order valence-electron chi connectivity index (χ0n) is 11.9. The molecule has 2 saturated heterocycles. The lowest BCUT2D eigenvalue weighted by Gasteiger charge is -2.46. The van der Waals surface area contributed by atoms with E-state index in [1.807, 2.05) is 6.92 Å². The summed E-state index contributed by atoms with van der Waals surface area (Å²) in [5.74, 6) is -1.21. The van der Waals surface area contributed by atoms with Gasteiger partial charge in [0, 0.05) is 19.0 Å². The van der Waals surface area contributed by atoms with Crippen molar-refractivity contribution in [3.8, 4) is 0 Å². The fraction of sp³-hybridized carbons (Fsp3) is 0.846. The molecule has 3 atom stereocenters. The van der Waals surface area contributed by atoms with E-state index in [1.54, 1.807) is 16.7 Å². The fourth-order valence-corrected chi connectivity index (χ4v) is 2.56. The summed E-state index contributed by atoms with van der Waals surface area (Å²) in [6, 6.07) is -0.116. The number of aliphatic hydroxyl groups excluding tert-OH is 1. The molecule has 0 aromatic carbocycles. The molecule has 7 heteroatoms. The predicted octanol–water partition coefficient (Wildman–Crippen LogP) is -0.159. The van der Waals surface area contributed by atoms with Gasteiger partial charge in [-0.15, -0.1) is 0 Å². The van der Waals surface area contributed by atoms with Gasteiger partial charge in [0.05, 0.1) is 37.8 Å². The average molecular weight is 286 g/mol. The number of urea groups is 1. The first kappa shape index (κ1) is 15.1. The summed E-state index contributed by atoms with van der Waals surface area (Å²) in [5, 5.41) is 18.1. The number of hydrogen-bond acceptors (Lipinski definition) is 4. The van der Waals surface area contributed by atoms with Crippen LogP contribution in [-0.4, -0.2) is 77.0 Å². The zero-order valence-corrected chi connectivity index (χ0v) is 11.9. The number of aliphatic hydroxyl groups is 1. The van der Waals surface area contributed by atoms with Crippen molar-refractivity contribution in [3.05, 3.63) is 0 Å². The van der Waals surface area contributed by atoms with Gasteiger partial charge in [0.25, 0.3) is 0 Å². The van der Waals surface area contributed by atoms with Gasteiger partial charge >= 0.3 is 12.0 Å². The van der Waals surface area contributed by atoms with Crippen LogP contribution in [0.4, 0.5) is 4.79 Å². The van der Waals surface area contributed by atoms with Crippen molar-refractivity contribution in [1.82, 2.24) is 9.80 Å². The second kappa shape index (κ2) is 5.97. The highest BCUT2D eigenvalue weighted by molar-refractivity contribution is 5.77. The molecule has 0 aromatic rings. The van der Waals surface area contributed by atoms with Gasteiger partial charge in [-0.3, -0.25) is 4.79 Å². The average Bonchev–Trinajstić information content (AvgIpc) is 2.37. The Hall–Kier alpha value is -1.34.